The van der Waals surface area contributed by atoms with Gasteiger partial charge in [-0.25, -0.2) is 4.79 Å². The minimum atomic E-state index is -1.03. The van der Waals surface area contributed by atoms with Crippen LogP contribution in [0.3, 0.4) is 0 Å². The molecule has 0 aromatic heterocycles. The average Bonchev–Trinajstić information content (AvgIpc) is 2.80. The van der Waals surface area contributed by atoms with Gasteiger partial charge in [0.25, 0.3) is 0 Å². The fourth-order valence-electron chi connectivity index (χ4n) is 2.79. The molecule has 1 aliphatic heterocycles. The van der Waals surface area contributed by atoms with Gasteiger partial charge in [-0.15, -0.1) is 0 Å². The molecule has 7 nitrogen and oxygen atoms in total. The minimum absolute atomic E-state index is 0.00224. The Bertz CT molecular complexity index is 611. The van der Waals surface area contributed by atoms with Gasteiger partial charge in [0.05, 0.1) is 0 Å². The van der Waals surface area contributed by atoms with Crippen molar-refractivity contribution in [2.24, 2.45) is 0 Å². The standard InChI is InChI=1S/C17H23ClN2O5/c1-24-11-16(21)20-6-2-5-19(7-8-20)10-13-9-14(18)3-4-15(13)25-12-17(22)23/h3-4,9H,2,5-8,10-12H2,1H3,(H,22,23). The van der Waals surface area contributed by atoms with Crippen LogP contribution in [-0.4, -0.2) is 73.3 Å². The third-order valence-electron chi connectivity index (χ3n) is 3.98. The summed E-state index contributed by atoms with van der Waals surface area (Å²) in [5.74, 6) is -0.510. The molecule has 8 heteroatoms. The third-order valence-corrected chi connectivity index (χ3v) is 4.21. The van der Waals surface area contributed by atoms with Gasteiger partial charge in [-0.3, -0.25) is 9.69 Å². The number of methoxy groups -OCH3 is 1. The van der Waals surface area contributed by atoms with Crippen LogP contribution < -0.4 is 4.74 Å². The Balaban J connectivity index is 2.00. The predicted octanol–water partition coefficient (Wildman–Crippen LogP) is 1.48. The molecule has 1 heterocycles. The van der Waals surface area contributed by atoms with E-state index in [1.807, 2.05) is 4.90 Å². The number of ether oxygens (including phenoxy) is 2. The van der Waals surface area contributed by atoms with E-state index in [-0.39, 0.29) is 12.5 Å². The van der Waals surface area contributed by atoms with Crippen LogP contribution in [0.15, 0.2) is 18.2 Å². The second-order valence-electron chi connectivity index (χ2n) is 5.88. The van der Waals surface area contributed by atoms with Gasteiger partial charge in [-0.05, 0) is 24.6 Å². The molecule has 1 aromatic carbocycles. The minimum Gasteiger partial charge on any atom is -0.482 e. The summed E-state index contributed by atoms with van der Waals surface area (Å²) >= 11 is 6.07. The quantitative estimate of drug-likeness (QED) is 0.783. The number of benzene rings is 1. The average molecular weight is 371 g/mol. The molecule has 0 bridgehead atoms. The second kappa shape index (κ2) is 9.60. The molecule has 1 aliphatic rings. The number of hydrogen-bond acceptors (Lipinski definition) is 5. The highest BCUT2D eigenvalue weighted by Crippen LogP contribution is 2.25. The molecule has 0 aliphatic carbocycles. The smallest absolute Gasteiger partial charge is 0.341 e. The summed E-state index contributed by atoms with van der Waals surface area (Å²) < 4.78 is 10.3. The van der Waals surface area contributed by atoms with E-state index in [2.05, 4.69) is 4.90 Å². The van der Waals surface area contributed by atoms with Crippen LogP contribution in [-0.2, 0) is 20.9 Å². The number of carbonyl (C=O) groups excluding carboxylic acids is 1. The van der Waals surface area contributed by atoms with Crippen LogP contribution in [0, 0.1) is 0 Å². The summed E-state index contributed by atoms with van der Waals surface area (Å²) in [7, 11) is 1.51. The Labute approximate surface area is 152 Å². The maximum absolute atomic E-state index is 12.0. The van der Waals surface area contributed by atoms with Gasteiger partial charge < -0.3 is 19.5 Å². The van der Waals surface area contributed by atoms with Gasteiger partial charge in [0.2, 0.25) is 5.91 Å². The van der Waals surface area contributed by atoms with Gasteiger partial charge >= 0.3 is 5.97 Å². The number of carboxylic acids is 1. The van der Waals surface area contributed by atoms with Crippen molar-refractivity contribution >= 4 is 23.5 Å². The Morgan fingerprint density at radius 3 is 2.72 bits per heavy atom. The zero-order chi connectivity index (χ0) is 18.2. The highest BCUT2D eigenvalue weighted by Gasteiger charge is 2.20. The van der Waals surface area contributed by atoms with Crippen LogP contribution >= 0.6 is 11.6 Å². The lowest BCUT2D eigenvalue weighted by molar-refractivity contribution is -0.139. The molecular weight excluding hydrogens is 348 g/mol. The molecule has 0 saturated carbocycles. The zero-order valence-corrected chi connectivity index (χ0v) is 15.0. The number of carboxylic acid groups (broad SMARTS) is 1. The number of carbonyl (C=O) groups is 2. The van der Waals surface area contributed by atoms with Crippen molar-refractivity contribution in [2.75, 3.05) is 46.5 Å². The van der Waals surface area contributed by atoms with E-state index in [0.717, 1.165) is 25.1 Å². The number of halogens is 1. The maximum Gasteiger partial charge on any atom is 0.341 e. The van der Waals surface area contributed by atoms with Crippen LogP contribution in [0.25, 0.3) is 0 Å². The van der Waals surface area contributed by atoms with Gasteiger partial charge in [0.1, 0.15) is 12.4 Å². The summed E-state index contributed by atoms with van der Waals surface area (Å²) in [5.41, 5.74) is 0.838. The molecule has 138 valence electrons. The molecule has 0 radical (unpaired) electrons. The van der Waals surface area contributed by atoms with E-state index in [4.69, 9.17) is 26.2 Å². The second-order valence-corrected chi connectivity index (χ2v) is 6.31. The molecule has 1 N–H and O–H groups in total. The molecule has 1 fully saturated rings. The molecule has 0 spiro atoms. The summed E-state index contributed by atoms with van der Waals surface area (Å²) in [6.07, 6.45) is 0.862. The molecule has 0 unspecified atom stereocenters. The normalized spacial score (nSPS) is 15.7. The maximum atomic E-state index is 12.0. The van der Waals surface area contributed by atoms with Gasteiger partial charge in [-0.1, -0.05) is 11.6 Å². The lowest BCUT2D eigenvalue weighted by atomic mass is 10.2. The number of aliphatic carboxylic acids is 1. The van der Waals surface area contributed by atoms with Crippen molar-refractivity contribution in [1.29, 1.82) is 0 Å². The predicted molar refractivity (Wildman–Crippen MR) is 92.9 cm³/mol. The summed E-state index contributed by atoms with van der Waals surface area (Å²) in [6, 6.07) is 5.15. The van der Waals surface area contributed by atoms with E-state index < -0.39 is 12.6 Å². The van der Waals surface area contributed by atoms with Gasteiger partial charge in [0.15, 0.2) is 6.61 Å². The van der Waals surface area contributed by atoms with E-state index >= 15 is 0 Å². The topological polar surface area (TPSA) is 79.3 Å². The van der Waals surface area contributed by atoms with Crippen molar-refractivity contribution < 1.29 is 24.2 Å². The first kappa shape index (κ1) is 19.5. The largest absolute Gasteiger partial charge is 0.482 e. The van der Waals surface area contributed by atoms with Crippen molar-refractivity contribution in [2.45, 2.75) is 13.0 Å². The van der Waals surface area contributed by atoms with Crippen molar-refractivity contribution in [3.05, 3.63) is 28.8 Å². The first-order chi connectivity index (χ1) is 12.0. The highest BCUT2D eigenvalue weighted by atomic mass is 35.5. The first-order valence-electron chi connectivity index (χ1n) is 8.11. The summed E-state index contributed by atoms with van der Waals surface area (Å²) in [4.78, 5) is 26.7. The Hall–Kier alpha value is -1.83. The molecule has 0 atom stereocenters. The van der Waals surface area contributed by atoms with Crippen LogP contribution in [0.2, 0.25) is 5.02 Å². The monoisotopic (exact) mass is 370 g/mol. The van der Waals surface area contributed by atoms with Crippen molar-refractivity contribution in [3.63, 3.8) is 0 Å². The number of nitrogens with zero attached hydrogens (tertiary/aromatic N) is 2. The van der Waals surface area contributed by atoms with E-state index in [0.29, 0.717) is 30.4 Å². The summed E-state index contributed by atoms with van der Waals surface area (Å²) in [6.45, 7) is 3.18. The first-order valence-corrected chi connectivity index (χ1v) is 8.49. The fraction of sp³-hybridized carbons (Fsp3) is 0.529. The van der Waals surface area contributed by atoms with Crippen molar-refractivity contribution in [3.8, 4) is 5.75 Å². The van der Waals surface area contributed by atoms with Crippen LogP contribution in [0.5, 0.6) is 5.75 Å². The van der Waals surface area contributed by atoms with E-state index in [1.54, 1.807) is 18.2 Å². The lowest BCUT2D eigenvalue weighted by Crippen LogP contribution is -2.37. The molecule has 2 rings (SSSR count). The molecule has 1 amide bonds. The molecule has 25 heavy (non-hydrogen) atoms. The number of hydrogen-bond donors (Lipinski definition) is 1. The highest BCUT2D eigenvalue weighted by molar-refractivity contribution is 6.30. The SMILES string of the molecule is COCC(=O)N1CCCN(Cc2cc(Cl)ccc2OCC(=O)O)CC1. The van der Waals surface area contributed by atoms with Crippen LogP contribution in [0.4, 0.5) is 0 Å². The van der Waals surface area contributed by atoms with E-state index in [9.17, 15) is 9.59 Å². The molecule has 1 saturated heterocycles. The number of rotatable bonds is 7. The lowest BCUT2D eigenvalue weighted by Gasteiger charge is -2.23. The van der Waals surface area contributed by atoms with Crippen LogP contribution in [0.1, 0.15) is 12.0 Å². The van der Waals surface area contributed by atoms with Crippen molar-refractivity contribution in [1.82, 2.24) is 9.80 Å². The summed E-state index contributed by atoms with van der Waals surface area (Å²) in [5, 5.41) is 9.37. The Kier molecular flexibility index (Phi) is 7.49. The van der Waals surface area contributed by atoms with Gasteiger partial charge in [-0.2, -0.15) is 0 Å². The fourth-order valence-corrected chi connectivity index (χ4v) is 2.98. The Morgan fingerprint density at radius 1 is 1.20 bits per heavy atom. The molecular formula is C17H23ClN2O5. The number of amides is 1. The molecule has 1 aromatic rings. The van der Waals surface area contributed by atoms with E-state index in [1.165, 1.54) is 7.11 Å². The van der Waals surface area contributed by atoms with Gasteiger partial charge in [0, 0.05) is 50.4 Å². The third kappa shape index (κ3) is 6.19. The zero-order valence-electron chi connectivity index (χ0n) is 14.2. The Morgan fingerprint density at radius 2 is 2.00 bits per heavy atom.